The van der Waals surface area contributed by atoms with Crippen LogP contribution in [0.15, 0.2) is 65.9 Å². The summed E-state index contributed by atoms with van der Waals surface area (Å²) < 4.78 is 5.88. The van der Waals surface area contributed by atoms with Crippen LogP contribution < -0.4 is 15.4 Å². The second-order valence-corrected chi connectivity index (χ2v) is 7.30. The van der Waals surface area contributed by atoms with Crippen molar-refractivity contribution in [3.63, 3.8) is 0 Å². The first-order chi connectivity index (χ1) is 14.0. The highest BCUT2D eigenvalue weighted by atomic mass is 32.1. The third kappa shape index (κ3) is 4.95. The molecule has 0 aromatic heterocycles. The van der Waals surface area contributed by atoms with Crippen LogP contribution >= 0.6 is 12.2 Å². The van der Waals surface area contributed by atoms with Gasteiger partial charge in [-0.1, -0.05) is 42.5 Å². The molecule has 0 saturated heterocycles. The van der Waals surface area contributed by atoms with E-state index >= 15 is 0 Å². The number of thiocarbonyl (C=S) groups is 1. The summed E-state index contributed by atoms with van der Waals surface area (Å²) >= 11 is 5.34. The average Bonchev–Trinajstić information content (AvgIpc) is 2.73. The molecule has 0 saturated carbocycles. The van der Waals surface area contributed by atoms with E-state index in [4.69, 9.17) is 17.0 Å². The first-order valence-corrected chi connectivity index (χ1v) is 10.3. The van der Waals surface area contributed by atoms with Crippen molar-refractivity contribution >= 4 is 23.2 Å². The van der Waals surface area contributed by atoms with Gasteiger partial charge in [0, 0.05) is 18.8 Å². The molecule has 0 bridgehead atoms. The number of amides is 1. The quantitative estimate of drug-likeness (QED) is 0.679. The van der Waals surface area contributed by atoms with Gasteiger partial charge in [0.25, 0.3) is 5.91 Å². The van der Waals surface area contributed by atoms with Crippen molar-refractivity contribution in [1.82, 2.24) is 15.5 Å². The molecule has 1 atom stereocenters. The number of hydrogen-bond donors (Lipinski definition) is 2. The van der Waals surface area contributed by atoms with Crippen molar-refractivity contribution in [3.05, 3.63) is 77.0 Å². The highest BCUT2D eigenvalue weighted by Gasteiger charge is 2.31. The minimum atomic E-state index is -0.292. The second-order valence-electron chi connectivity index (χ2n) is 6.89. The smallest absolute Gasteiger partial charge is 0.253 e. The fourth-order valence-electron chi connectivity index (χ4n) is 3.41. The predicted octanol–water partition coefficient (Wildman–Crippen LogP) is 3.93. The van der Waals surface area contributed by atoms with E-state index in [0.29, 0.717) is 30.4 Å². The van der Waals surface area contributed by atoms with E-state index in [2.05, 4.69) is 10.6 Å². The van der Waals surface area contributed by atoms with Crippen LogP contribution in [0.1, 0.15) is 37.9 Å². The number of ether oxygens (including phenoxy) is 1. The zero-order chi connectivity index (χ0) is 20.8. The van der Waals surface area contributed by atoms with Gasteiger partial charge in [-0.15, -0.1) is 0 Å². The lowest BCUT2D eigenvalue weighted by molar-refractivity contribution is -0.127. The van der Waals surface area contributed by atoms with E-state index in [-0.39, 0.29) is 11.9 Å². The molecule has 2 aromatic carbocycles. The molecule has 0 radical (unpaired) electrons. The first kappa shape index (κ1) is 20.9. The molecule has 152 valence electrons. The lowest BCUT2D eigenvalue weighted by atomic mass is 9.94. The number of benzene rings is 2. The molecule has 6 heteroatoms. The summed E-state index contributed by atoms with van der Waals surface area (Å²) in [7, 11) is 0. The lowest BCUT2D eigenvalue weighted by Gasteiger charge is -2.33. The third-order valence-electron chi connectivity index (χ3n) is 5.01. The highest BCUT2D eigenvalue weighted by molar-refractivity contribution is 7.80. The van der Waals surface area contributed by atoms with Crippen molar-refractivity contribution in [3.8, 4) is 5.75 Å². The lowest BCUT2D eigenvalue weighted by Crippen LogP contribution is -2.47. The number of nitrogens with zero attached hydrogens (tertiary/aromatic N) is 1. The molecular formula is C23H27N3O2S. The Kier molecular flexibility index (Phi) is 6.88. The van der Waals surface area contributed by atoms with E-state index in [1.54, 1.807) is 0 Å². The van der Waals surface area contributed by atoms with Crippen molar-refractivity contribution < 1.29 is 9.53 Å². The SMILES string of the molecule is CCN(CC)C(=O)C1=C(C)NC(=S)N[C@@H]1c1ccc(OCc2ccccc2)cc1. The largest absolute Gasteiger partial charge is 0.489 e. The van der Waals surface area contributed by atoms with Crippen LogP contribution in [0.25, 0.3) is 0 Å². The summed E-state index contributed by atoms with van der Waals surface area (Å²) in [6, 6.07) is 17.6. The van der Waals surface area contributed by atoms with Crippen LogP contribution in [-0.4, -0.2) is 29.0 Å². The molecule has 5 nitrogen and oxygen atoms in total. The Morgan fingerprint density at radius 3 is 2.34 bits per heavy atom. The normalized spacial score (nSPS) is 16.1. The zero-order valence-electron chi connectivity index (χ0n) is 17.1. The summed E-state index contributed by atoms with van der Waals surface area (Å²) in [5, 5.41) is 6.86. The minimum absolute atomic E-state index is 0.0180. The van der Waals surface area contributed by atoms with Gasteiger partial charge in [-0.05, 0) is 56.2 Å². The van der Waals surface area contributed by atoms with Crippen LogP contribution in [0.2, 0.25) is 0 Å². The van der Waals surface area contributed by atoms with E-state index in [9.17, 15) is 4.79 Å². The molecule has 29 heavy (non-hydrogen) atoms. The highest BCUT2D eigenvalue weighted by Crippen LogP contribution is 2.29. The van der Waals surface area contributed by atoms with Crippen molar-refractivity contribution in [2.45, 2.75) is 33.4 Å². The zero-order valence-corrected chi connectivity index (χ0v) is 17.9. The van der Waals surface area contributed by atoms with Gasteiger partial charge >= 0.3 is 0 Å². The maximum absolute atomic E-state index is 13.1. The van der Waals surface area contributed by atoms with Crippen LogP contribution in [0.4, 0.5) is 0 Å². The Labute approximate surface area is 177 Å². The van der Waals surface area contributed by atoms with Gasteiger partial charge < -0.3 is 20.3 Å². The van der Waals surface area contributed by atoms with Gasteiger partial charge in [0.15, 0.2) is 5.11 Å². The van der Waals surface area contributed by atoms with Gasteiger partial charge in [0.05, 0.1) is 11.6 Å². The van der Waals surface area contributed by atoms with Gasteiger partial charge in [-0.25, -0.2) is 0 Å². The number of allylic oxidation sites excluding steroid dienone is 1. The van der Waals surface area contributed by atoms with Gasteiger partial charge in [-0.3, -0.25) is 4.79 Å². The van der Waals surface area contributed by atoms with E-state index in [0.717, 1.165) is 22.6 Å². The molecule has 1 aliphatic heterocycles. The molecule has 1 heterocycles. The molecule has 0 aliphatic carbocycles. The van der Waals surface area contributed by atoms with Crippen molar-refractivity contribution in [2.24, 2.45) is 0 Å². The van der Waals surface area contributed by atoms with Crippen molar-refractivity contribution in [1.29, 1.82) is 0 Å². The first-order valence-electron chi connectivity index (χ1n) is 9.87. The molecule has 0 spiro atoms. The second kappa shape index (κ2) is 9.56. The summed E-state index contributed by atoms with van der Waals surface area (Å²) in [4.78, 5) is 14.9. The van der Waals surface area contributed by atoms with E-state index in [1.807, 2.05) is 80.3 Å². The summed E-state index contributed by atoms with van der Waals surface area (Å²) in [5.74, 6) is 0.802. The summed E-state index contributed by atoms with van der Waals surface area (Å²) in [6.07, 6.45) is 0. The Balaban J connectivity index is 1.80. The van der Waals surface area contributed by atoms with Gasteiger partial charge in [0.2, 0.25) is 0 Å². The Bertz CT molecular complexity index is 890. The number of rotatable bonds is 7. The number of carbonyl (C=O) groups is 1. The Morgan fingerprint density at radius 1 is 1.07 bits per heavy atom. The molecule has 1 aliphatic rings. The Hall–Kier alpha value is -2.86. The summed E-state index contributed by atoms with van der Waals surface area (Å²) in [5.41, 5.74) is 3.57. The van der Waals surface area contributed by atoms with Crippen LogP contribution in [0.5, 0.6) is 5.75 Å². The fraction of sp³-hybridized carbons (Fsp3) is 0.304. The topological polar surface area (TPSA) is 53.6 Å². The average molecular weight is 410 g/mol. The molecule has 3 rings (SSSR count). The monoisotopic (exact) mass is 409 g/mol. The molecule has 0 unspecified atom stereocenters. The number of likely N-dealkylation sites (N-methyl/N-ethyl adjacent to an activating group) is 1. The standard InChI is InChI=1S/C23H27N3O2S/c1-4-26(5-2)22(27)20-16(3)24-23(29)25-21(20)18-11-13-19(14-12-18)28-15-17-9-7-6-8-10-17/h6-14,21H,4-5,15H2,1-3H3,(H2,24,25,29)/t21-/m1/s1. The molecule has 2 aromatic rings. The fourth-order valence-corrected chi connectivity index (χ4v) is 3.68. The third-order valence-corrected chi connectivity index (χ3v) is 5.23. The summed E-state index contributed by atoms with van der Waals surface area (Å²) in [6.45, 7) is 7.71. The van der Waals surface area contributed by atoms with Crippen LogP contribution in [-0.2, 0) is 11.4 Å². The van der Waals surface area contributed by atoms with Crippen LogP contribution in [0.3, 0.4) is 0 Å². The number of hydrogen-bond acceptors (Lipinski definition) is 3. The minimum Gasteiger partial charge on any atom is -0.489 e. The van der Waals surface area contributed by atoms with E-state index < -0.39 is 0 Å². The predicted molar refractivity (Wildman–Crippen MR) is 119 cm³/mol. The molecule has 1 amide bonds. The number of carbonyl (C=O) groups excluding carboxylic acids is 1. The molecule has 2 N–H and O–H groups in total. The maximum Gasteiger partial charge on any atom is 0.253 e. The Morgan fingerprint density at radius 2 is 1.72 bits per heavy atom. The molecular weight excluding hydrogens is 382 g/mol. The van der Waals surface area contributed by atoms with Crippen LogP contribution in [0, 0.1) is 0 Å². The molecule has 0 fully saturated rings. The van der Waals surface area contributed by atoms with E-state index in [1.165, 1.54) is 0 Å². The van der Waals surface area contributed by atoms with Gasteiger partial charge in [0.1, 0.15) is 12.4 Å². The van der Waals surface area contributed by atoms with Gasteiger partial charge in [-0.2, -0.15) is 0 Å². The van der Waals surface area contributed by atoms with Crippen molar-refractivity contribution in [2.75, 3.05) is 13.1 Å². The number of nitrogens with one attached hydrogen (secondary N) is 2. The maximum atomic E-state index is 13.1.